The number of aromatic amines is 2. The number of nitrogens with one attached hydrogen (secondary N) is 5. The lowest BCUT2D eigenvalue weighted by Crippen LogP contribution is -2.58. The van der Waals surface area contributed by atoms with E-state index in [4.69, 9.17) is 19.4 Å². The van der Waals surface area contributed by atoms with Crippen LogP contribution in [-0.4, -0.2) is 81.7 Å². The van der Waals surface area contributed by atoms with Crippen LogP contribution in [0.25, 0.3) is 44.5 Å². The van der Waals surface area contributed by atoms with Crippen LogP contribution in [0.5, 0.6) is 0 Å². The molecule has 3 heterocycles. The SMILES string of the molecule is COC(=O)NC(C(=O)NC1(c2nc3ccc(-c4ccc(-c5ccc6c(c5)CCCc5[nH]c([C@@H]7CCCN7C(=O)[C@@H](NC(=O)OC)C(C)C)nc5-6)cc4)cc3[nH]2)CCC1)C(C)C. The zero-order valence-electron chi connectivity index (χ0n) is 35.8. The lowest BCUT2D eigenvalue weighted by molar-refractivity contribution is -0.135. The second kappa shape index (κ2) is 17.1. The van der Waals surface area contributed by atoms with Crippen molar-refractivity contribution in [3.8, 4) is 33.5 Å². The molecule has 5 N–H and O–H groups in total. The van der Waals surface area contributed by atoms with Crippen molar-refractivity contribution in [2.45, 2.75) is 103 Å². The van der Waals surface area contributed by atoms with E-state index in [0.717, 1.165) is 113 Å². The standard InChI is InChI=1S/C47H56N8O6/c1-26(2)38(52-45(58)60-5)42(56)54-47(21-9-22-47)44-49-34-20-18-31(25-36(34)50-44)29-15-13-28(14-16-29)30-17-19-33-32(24-30)10-7-11-35-40(33)51-41(48-35)37-12-8-23-55(37)43(57)39(27(3)4)53-46(59)61-6/h13-20,24-27,37-39H,7-12,21-23H2,1-6H3,(H,48,51)(H,49,50)(H,52,58)(H,53,59)(H,54,56)/t37-,38?,39-/m0/s1. The number of aryl methyl sites for hydroxylation is 2. The second-order valence-corrected chi connectivity index (χ2v) is 17.4. The van der Waals surface area contributed by atoms with Crippen LogP contribution >= 0.6 is 0 Å². The summed E-state index contributed by atoms with van der Waals surface area (Å²) in [6.07, 6.45) is 5.66. The molecule has 1 saturated heterocycles. The third-order valence-electron chi connectivity index (χ3n) is 12.7. The Morgan fingerprint density at radius 2 is 1.39 bits per heavy atom. The summed E-state index contributed by atoms with van der Waals surface area (Å²) in [5.74, 6) is 0.912. The van der Waals surface area contributed by atoms with E-state index < -0.39 is 29.8 Å². The maximum Gasteiger partial charge on any atom is 0.407 e. The number of alkyl carbamates (subject to hydrolysis) is 2. The van der Waals surface area contributed by atoms with Crippen LogP contribution in [0.2, 0.25) is 0 Å². The van der Waals surface area contributed by atoms with E-state index in [1.807, 2.05) is 38.7 Å². The number of benzene rings is 3. The Hall–Kier alpha value is -6.18. The Morgan fingerprint density at radius 1 is 0.754 bits per heavy atom. The molecule has 3 atom stereocenters. The summed E-state index contributed by atoms with van der Waals surface area (Å²) >= 11 is 0. The van der Waals surface area contributed by atoms with Gasteiger partial charge in [0.1, 0.15) is 23.7 Å². The number of H-pyrrole nitrogens is 2. The van der Waals surface area contributed by atoms with Crippen molar-refractivity contribution in [1.29, 1.82) is 0 Å². The minimum atomic E-state index is -0.733. The number of rotatable bonds is 11. The van der Waals surface area contributed by atoms with Gasteiger partial charge >= 0.3 is 12.2 Å². The van der Waals surface area contributed by atoms with Crippen molar-refractivity contribution in [2.75, 3.05) is 20.8 Å². The van der Waals surface area contributed by atoms with Crippen molar-refractivity contribution in [2.24, 2.45) is 11.8 Å². The highest BCUT2D eigenvalue weighted by atomic mass is 16.5. The maximum absolute atomic E-state index is 13.8. The third-order valence-corrected chi connectivity index (χ3v) is 12.7. The molecule has 320 valence electrons. The summed E-state index contributed by atoms with van der Waals surface area (Å²) in [5.41, 5.74) is 9.88. The number of methoxy groups -OCH3 is 2. The van der Waals surface area contributed by atoms with Crippen LogP contribution in [0.15, 0.2) is 60.7 Å². The highest BCUT2D eigenvalue weighted by Crippen LogP contribution is 2.42. The van der Waals surface area contributed by atoms with Crippen molar-refractivity contribution in [1.82, 2.24) is 40.8 Å². The Balaban J connectivity index is 0.985. The van der Waals surface area contributed by atoms with Gasteiger partial charge in [-0.3, -0.25) is 9.59 Å². The minimum Gasteiger partial charge on any atom is -0.453 e. The van der Waals surface area contributed by atoms with E-state index in [1.165, 1.54) is 19.8 Å². The molecular weight excluding hydrogens is 773 g/mol. The number of fused-ring (bicyclic) bond motifs is 4. The van der Waals surface area contributed by atoms with Crippen LogP contribution in [0.1, 0.15) is 95.2 Å². The average Bonchev–Trinajstić information content (AvgIpc) is 3.99. The van der Waals surface area contributed by atoms with E-state index in [9.17, 15) is 19.2 Å². The summed E-state index contributed by atoms with van der Waals surface area (Å²) in [6.45, 7) is 8.23. The first-order valence-electron chi connectivity index (χ1n) is 21.5. The first-order chi connectivity index (χ1) is 29.4. The first kappa shape index (κ1) is 41.5. The number of hydrogen-bond donors (Lipinski definition) is 5. The smallest absolute Gasteiger partial charge is 0.407 e. The Kier molecular flexibility index (Phi) is 11.6. The number of ether oxygens (including phenoxy) is 2. The molecule has 0 radical (unpaired) electrons. The Bertz CT molecular complexity index is 2450. The topological polar surface area (TPSA) is 183 Å². The number of likely N-dealkylation sites (tertiary alicyclic amines) is 1. The van der Waals surface area contributed by atoms with Gasteiger partial charge in [0, 0.05) is 17.8 Å². The molecule has 8 rings (SSSR count). The number of amides is 4. The van der Waals surface area contributed by atoms with Gasteiger partial charge < -0.3 is 40.3 Å². The van der Waals surface area contributed by atoms with Gasteiger partial charge in [0.25, 0.3) is 0 Å². The number of aromatic nitrogens is 4. The predicted octanol–water partition coefficient (Wildman–Crippen LogP) is 7.70. The molecule has 14 nitrogen and oxygen atoms in total. The summed E-state index contributed by atoms with van der Waals surface area (Å²) in [4.78, 5) is 70.3. The highest BCUT2D eigenvalue weighted by molar-refractivity contribution is 5.88. The van der Waals surface area contributed by atoms with Gasteiger partial charge in [-0.15, -0.1) is 0 Å². The van der Waals surface area contributed by atoms with Crippen molar-refractivity contribution in [3.05, 3.63) is 83.6 Å². The summed E-state index contributed by atoms with van der Waals surface area (Å²) in [6, 6.07) is 19.8. The van der Waals surface area contributed by atoms with Crippen LogP contribution < -0.4 is 16.0 Å². The van der Waals surface area contributed by atoms with Crippen molar-refractivity contribution in [3.63, 3.8) is 0 Å². The molecule has 1 unspecified atom stereocenters. The molecule has 3 aromatic carbocycles. The van der Waals surface area contributed by atoms with Crippen molar-refractivity contribution < 1.29 is 28.7 Å². The fourth-order valence-corrected chi connectivity index (χ4v) is 9.11. The van der Waals surface area contributed by atoms with Gasteiger partial charge in [-0.05, 0) is 103 Å². The maximum atomic E-state index is 13.8. The van der Waals surface area contributed by atoms with Crippen LogP contribution in [0.3, 0.4) is 0 Å². The zero-order valence-corrected chi connectivity index (χ0v) is 35.8. The number of carbonyl (C=O) groups is 4. The second-order valence-electron chi connectivity index (χ2n) is 17.4. The number of carbonyl (C=O) groups excluding carboxylic acids is 4. The van der Waals surface area contributed by atoms with Gasteiger partial charge in [0.2, 0.25) is 11.8 Å². The third kappa shape index (κ3) is 8.19. The molecule has 61 heavy (non-hydrogen) atoms. The minimum absolute atomic E-state index is 0.101. The van der Waals surface area contributed by atoms with Crippen molar-refractivity contribution >= 4 is 35.0 Å². The highest BCUT2D eigenvalue weighted by Gasteiger charge is 2.44. The van der Waals surface area contributed by atoms with Crippen LogP contribution in [-0.2, 0) is 37.4 Å². The van der Waals surface area contributed by atoms with E-state index in [1.54, 1.807) is 0 Å². The lowest BCUT2D eigenvalue weighted by atomic mass is 9.75. The normalized spacial score (nSPS) is 17.8. The molecule has 0 bridgehead atoms. The molecule has 2 aliphatic carbocycles. The van der Waals surface area contributed by atoms with Crippen LogP contribution in [0.4, 0.5) is 9.59 Å². The monoisotopic (exact) mass is 828 g/mol. The Labute approximate surface area is 356 Å². The van der Waals surface area contributed by atoms with E-state index in [-0.39, 0.29) is 29.7 Å². The average molecular weight is 829 g/mol. The summed E-state index contributed by atoms with van der Waals surface area (Å²) in [5, 5.41) is 8.61. The summed E-state index contributed by atoms with van der Waals surface area (Å²) in [7, 11) is 2.59. The largest absolute Gasteiger partial charge is 0.453 e. The fourth-order valence-electron chi connectivity index (χ4n) is 9.11. The summed E-state index contributed by atoms with van der Waals surface area (Å²) < 4.78 is 9.56. The van der Waals surface area contributed by atoms with Gasteiger partial charge in [-0.2, -0.15) is 0 Å². The van der Waals surface area contributed by atoms with E-state index in [0.29, 0.717) is 6.54 Å². The predicted molar refractivity (Wildman–Crippen MR) is 232 cm³/mol. The molecule has 1 saturated carbocycles. The quantitative estimate of drug-likeness (QED) is 0.0898. The van der Waals surface area contributed by atoms with Crippen LogP contribution in [0, 0.1) is 11.8 Å². The number of imidazole rings is 2. The lowest BCUT2D eigenvalue weighted by Gasteiger charge is -2.42. The molecule has 14 heteroatoms. The molecule has 5 aromatic rings. The molecular formula is C47H56N8O6. The van der Waals surface area contributed by atoms with E-state index >= 15 is 0 Å². The molecule has 4 amide bonds. The Morgan fingerprint density at radius 3 is 2.03 bits per heavy atom. The molecule has 1 aliphatic heterocycles. The molecule has 2 aromatic heterocycles. The molecule has 2 fully saturated rings. The van der Waals surface area contributed by atoms with Gasteiger partial charge in [-0.25, -0.2) is 19.6 Å². The number of nitrogens with zero attached hydrogens (tertiary/aromatic N) is 3. The number of hydrogen-bond acceptors (Lipinski definition) is 8. The first-order valence-corrected chi connectivity index (χ1v) is 21.5. The van der Waals surface area contributed by atoms with E-state index in [2.05, 4.69) is 80.5 Å². The zero-order chi connectivity index (χ0) is 43.0. The fraction of sp³-hybridized carbons (Fsp3) is 0.447. The molecule has 0 spiro atoms. The molecule has 3 aliphatic rings. The van der Waals surface area contributed by atoms with Gasteiger partial charge in [0.05, 0.1) is 42.5 Å². The van der Waals surface area contributed by atoms with Gasteiger partial charge in [0.15, 0.2) is 0 Å². The van der Waals surface area contributed by atoms with Gasteiger partial charge in [-0.1, -0.05) is 76.2 Å².